The molecule has 2 saturated carbocycles. The van der Waals surface area contributed by atoms with Crippen molar-refractivity contribution in [3.05, 3.63) is 49.1 Å². The summed E-state index contributed by atoms with van der Waals surface area (Å²) in [5.74, 6) is -0.194. The summed E-state index contributed by atoms with van der Waals surface area (Å²) >= 11 is 12.4. The lowest BCUT2D eigenvalue weighted by Crippen LogP contribution is -2.49. The van der Waals surface area contributed by atoms with Gasteiger partial charge in [-0.25, -0.2) is 9.97 Å². The van der Waals surface area contributed by atoms with Crippen molar-refractivity contribution < 1.29 is 9.90 Å². The first-order valence-electron chi connectivity index (χ1n) is 10.2. The molecule has 0 aromatic carbocycles. The van der Waals surface area contributed by atoms with E-state index in [1.54, 1.807) is 17.0 Å². The van der Waals surface area contributed by atoms with Crippen LogP contribution >= 0.6 is 23.2 Å². The average Bonchev–Trinajstić information content (AvgIpc) is 3.61. The minimum Gasteiger partial charge on any atom is -0.386 e. The second-order valence-corrected chi connectivity index (χ2v) is 9.79. The predicted molar refractivity (Wildman–Crippen MR) is 119 cm³/mol. The lowest BCUT2D eigenvalue weighted by molar-refractivity contribution is -0.120. The van der Waals surface area contributed by atoms with E-state index >= 15 is 0 Å². The zero-order valence-electron chi connectivity index (χ0n) is 17.7. The van der Waals surface area contributed by atoms with E-state index in [9.17, 15) is 9.90 Å². The van der Waals surface area contributed by atoms with Crippen molar-refractivity contribution in [2.45, 2.75) is 61.0 Å². The number of hydrogen-bond donors (Lipinski definition) is 1. The Balaban J connectivity index is 0.000000186. The number of carbonyl (C=O) groups excluding carboxylic acids is 1. The largest absolute Gasteiger partial charge is 0.386 e. The van der Waals surface area contributed by atoms with Gasteiger partial charge in [0, 0.05) is 5.92 Å². The average molecular weight is 475 g/mol. The maximum Gasteiger partial charge on any atom is 0.173 e. The zero-order chi connectivity index (χ0) is 23.6. The van der Waals surface area contributed by atoms with Crippen molar-refractivity contribution in [1.82, 2.24) is 19.1 Å². The molecule has 2 atom stereocenters. The molecule has 32 heavy (non-hydrogen) atoms. The second kappa shape index (κ2) is 9.07. The SMILES string of the molecule is C=CC(C)C(O)(Cn1cncc1C#N)C1(Cl)CC1.N#Cc1cncn1CC(=O)C1(Cl)CC1. The normalized spacial score (nSPS) is 19.8. The van der Waals surface area contributed by atoms with Gasteiger partial charge in [0.05, 0.1) is 43.0 Å². The van der Waals surface area contributed by atoms with E-state index in [1.807, 2.05) is 19.1 Å². The number of aliphatic hydroxyl groups is 1. The third kappa shape index (κ3) is 4.73. The third-order valence-electron chi connectivity index (χ3n) is 6.14. The van der Waals surface area contributed by atoms with Gasteiger partial charge in [-0.2, -0.15) is 10.5 Å². The highest BCUT2D eigenvalue weighted by Crippen LogP contribution is 2.54. The number of halogens is 2. The number of imidazole rings is 2. The van der Waals surface area contributed by atoms with Gasteiger partial charge in [-0.1, -0.05) is 13.0 Å². The van der Waals surface area contributed by atoms with Crippen LogP contribution < -0.4 is 0 Å². The summed E-state index contributed by atoms with van der Waals surface area (Å²) in [6, 6.07) is 4.01. The number of carbonyl (C=O) groups is 1. The van der Waals surface area contributed by atoms with Crippen LogP contribution in [0.25, 0.3) is 0 Å². The fourth-order valence-corrected chi connectivity index (χ4v) is 3.94. The van der Waals surface area contributed by atoms with Crippen molar-refractivity contribution in [2.24, 2.45) is 5.92 Å². The van der Waals surface area contributed by atoms with Gasteiger partial charge in [0.25, 0.3) is 0 Å². The number of rotatable bonds is 8. The van der Waals surface area contributed by atoms with Crippen LogP contribution in [-0.4, -0.2) is 45.3 Å². The Labute approximate surface area is 196 Å². The number of ketones is 1. The molecule has 168 valence electrons. The number of nitrogens with zero attached hydrogens (tertiary/aromatic N) is 6. The maximum absolute atomic E-state index is 11.6. The standard InChI is InChI=1S/C13H16ClN3O.C9H8ClN3O/c1-3-10(2)13(18,12(14)4-5-12)8-17-9-16-7-11(17)6-15;10-9(1-2-9)8(14)5-13-6-12-4-7(13)3-11/h3,7,9-10,18H,1,4-5,8H2,2H3;4,6H,1-2,5H2. The molecule has 10 heteroatoms. The molecular formula is C22H24Cl2N6O2. The molecule has 4 rings (SSSR count). The Hall–Kier alpha value is -2.65. The lowest BCUT2D eigenvalue weighted by atomic mass is 9.83. The van der Waals surface area contributed by atoms with E-state index in [1.165, 1.54) is 23.3 Å². The molecular weight excluding hydrogens is 451 g/mol. The summed E-state index contributed by atoms with van der Waals surface area (Å²) in [6.45, 7) is 6.02. The molecule has 2 aliphatic rings. The van der Waals surface area contributed by atoms with Gasteiger partial charge in [-0.05, 0) is 25.7 Å². The molecule has 2 aromatic heterocycles. The number of alkyl halides is 2. The molecule has 0 bridgehead atoms. The van der Waals surface area contributed by atoms with E-state index in [2.05, 4.69) is 16.5 Å². The quantitative estimate of drug-likeness (QED) is 0.463. The molecule has 2 aromatic rings. The summed E-state index contributed by atoms with van der Waals surface area (Å²) in [5, 5.41) is 28.6. The van der Waals surface area contributed by atoms with Gasteiger partial charge in [-0.15, -0.1) is 29.8 Å². The minimum atomic E-state index is -1.11. The van der Waals surface area contributed by atoms with Gasteiger partial charge in [0.1, 0.15) is 34.0 Å². The van der Waals surface area contributed by atoms with E-state index in [4.69, 9.17) is 33.7 Å². The first-order chi connectivity index (χ1) is 15.1. The first kappa shape index (κ1) is 24.0. The van der Waals surface area contributed by atoms with Crippen LogP contribution in [-0.2, 0) is 17.9 Å². The fourth-order valence-electron chi connectivity index (χ4n) is 3.46. The fraction of sp³-hybridized carbons (Fsp3) is 0.500. The van der Waals surface area contributed by atoms with Crippen LogP contribution in [0.15, 0.2) is 37.7 Å². The third-order valence-corrected chi connectivity index (χ3v) is 7.43. The highest BCUT2D eigenvalue weighted by Gasteiger charge is 2.59. The molecule has 8 nitrogen and oxygen atoms in total. The van der Waals surface area contributed by atoms with E-state index in [-0.39, 0.29) is 24.8 Å². The van der Waals surface area contributed by atoms with Gasteiger partial charge in [-0.3, -0.25) is 4.79 Å². The van der Waals surface area contributed by atoms with Gasteiger partial charge in [0.2, 0.25) is 0 Å². The minimum absolute atomic E-state index is 0.0336. The number of nitriles is 2. The lowest BCUT2D eigenvalue weighted by Gasteiger charge is -2.37. The molecule has 0 amide bonds. The Morgan fingerprint density at radius 1 is 1.22 bits per heavy atom. The van der Waals surface area contributed by atoms with Crippen molar-refractivity contribution in [2.75, 3.05) is 0 Å². The topological polar surface area (TPSA) is 121 Å². The van der Waals surface area contributed by atoms with Crippen LogP contribution in [0.1, 0.15) is 44.0 Å². The molecule has 0 radical (unpaired) electrons. The summed E-state index contributed by atoms with van der Waals surface area (Å²) in [7, 11) is 0. The number of Topliss-reactive ketones (excluding diaryl/α,β-unsaturated/α-hetero) is 1. The van der Waals surface area contributed by atoms with Crippen LogP contribution in [0, 0.1) is 28.6 Å². The monoisotopic (exact) mass is 474 g/mol. The zero-order valence-corrected chi connectivity index (χ0v) is 19.2. The highest BCUT2D eigenvalue weighted by atomic mass is 35.5. The maximum atomic E-state index is 11.6. The molecule has 0 aliphatic heterocycles. The summed E-state index contributed by atoms with van der Waals surface area (Å²) in [6.07, 6.45) is 10.7. The van der Waals surface area contributed by atoms with Crippen LogP contribution in [0.2, 0.25) is 0 Å². The second-order valence-electron chi connectivity index (χ2n) is 8.34. The molecule has 1 N–H and O–H groups in total. The van der Waals surface area contributed by atoms with Crippen molar-refractivity contribution in [1.29, 1.82) is 10.5 Å². The van der Waals surface area contributed by atoms with Gasteiger partial charge >= 0.3 is 0 Å². The molecule has 0 spiro atoms. The summed E-state index contributed by atoms with van der Waals surface area (Å²) in [4.78, 5) is 18.0. The Morgan fingerprint density at radius 2 is 1.75 bits per heavy atom. The molecule has 2 fully saturated rings. The Kier molecular flexibility index (Phi) is 6.80. The molecule has 2 unspecified atom stereocenters. The van der Waals surface area contributed by atoms with Crippen LogP contribution in [0.3, 0.4) is 0 Å². The van der Waals surface area contributed by atoms with E-state index in [0.29, 0.717) is 11.4 Å². The Bertz CT molecular complexity index is 1090. The first-order valence-corrected chi connectivity index (χ1v) is 10.9. The highest BCUT2D eigenvalue weighted by molar-refractivity contribution is 6.37. The molecule has 2 heterocycles. The van der Waals surface area contributed by atoms with E-state index in [0.717, 1.165) is 25.7 Å². The van der Waals surface area contributed by atoms with Crippen molar-refractivity contribution in [3.63, 3.8) is 0 Å². The van der Waals surface area contributed by atoms with Gasteiger partial charge < -0.3 is 14.2 Å². The van der Waals surface area contributed by atoms with Crippen LogP contribution in [0.5, 0.6) is 0 Å². The Morgan fingerprint density at radius 3 is 2.22 bits per heavy atom. The summed E-state index contributed by atoms with van der Waals surface area (Å²) < 4.78 is 3.16. The predicted octanol–water partition coefficient (Wildman–Crippen LogP) is 3.17. The number of hydrogen-bond acceptors (Lipinski definition) is 6. The van der Waals surface area contributed by atoms with Crippen molar-refractivity contribution in [3.8, 4) is 12.1 Å². The molecule has 0 saturated heterocycles. The van der Waals surface area contributed by atoms with Gasteiger partial charge in [0.15, 0.2) is 5.78 Å². The summed E-state index contributed by atoms with van der Waals surface area (Å²) in [5.41, 5.74) is -0.298. The van der Waals surface area contributed by atoms with E-state index < -0.39 is 15.3 Å². The smallest absolute Gasteiger partial charge is 0.173 e. The van der Waals surface area contributed by atoms with Crippen molar-refractivity contribution >= 4 is 29.0 Å². The van der Waals surface area contributed by atoms with Crippen LogP contribution in [0.4, 0.5) is 0 Å². The molecule has 2 aliphatic carbocycles. The number of aromatic nitrogens is 4.